The third-order valence-corrected chi connectivity index (χ3v) is 7.09. The number of rotatable bonds is 3. The fourth-order valence-corrected chi connectivity index (χ4v) is 4.81. The maximum atomic E-state index is 13.5. The van der Waals surface area contributed by atoms with Gasteiger partial charge in [-0.2, -0.15) is 0 Å². The molecule has 32 heavy (non-hydrogen) atoms. The van der Waals surface area contributed by atoms with Gasteiger partial charge in [-0.25, -0.2) is 14.0 Å². The van der Waals surface area contributed by atoms with Gasteiger partial charge in [0.2, 0.25) is 0 Å². The molecule has 0 radical (unpaired) electrons. The zero-order valence-corrected chi connectivity index (χ0v) is 18.3. The summed E-state index contributed by atoms with van der Waals surface area (Å²) < 4.78 is 13.5. The van der Waals surface area contributed by atoms with Crippen molar-refractivity contribution >= 4 is 46.9 Å². The van der Waals surface area contributed by atoms with E-state index in [1.807, 2.05) is 30.3 Å². The Hall–Kier alpha value is -2.84. The molecule has 3 fully saturated rings. The topological polar surface area (TPSA) is 73.0 Å². The van der Waals surface area contributed by atoms with Crippen LogP contribution in [-0.2, 0) is 4.79 Å². The molecule has 2 aromatic rings. The Kier molecular flexibility index (Phi) is 5.22. The lowest BCUT2D eigenvalue weighted by atomic mass is 10.1. The average molecular weight is 477 g/mol. The van der Waals surface area contributed by atoms with E-state index in [0.29, 0.717) is 0 Å². The normalized spacial score (nSPS) is 24.6. The summed E-state index contributed by atoms with van der Waals surface area (Å²) in [6, 6.07) is 10.6. The molecular weight excluding hydrogens is 458 g/mol. The van der Waals surface area contributed by atoms with E-state index in [4.69, 9.17) is 23.2 Å². The Morgan fingerprint density at radius 2 is 1.78 bits per heavy atom. The smallest absolute Gasteiger partial charge is 0.320 e. The van der Waals surface area contributed by atoms with Gasteiger partial charge in [0.1, 0.15) is 11.9 Å². The van der Waals surface area contributed by atoms with Crippen molar-refractivity contribution < 1.29 is 18.8 Å². The van der Waals surface area contributed by atoms with Crippen LogP contribution in [0.15, 0.2) is 42.5 Å². The number of benzene rings is 2. The first-order chi connectivity index (χ1) is 15.4. The predicted molar refractivity (Wildman–Crippen MR) is 117 cm³/mol. The lowest BCUT2D eigenvalue weighted by Crippen LogP contribution is -2.55. The zero-order valence-electron chi connectivity index (χ0n) is 16.8. The highest BCUT2D eigenvalue weighted by Gasteiger charge is 2.56. The molecule has 10 heteroatoms. The standard InChI is InChI=1S/C22H19Cl2FN4O3/c23-18-14(25)6-7-15(19(18)24)26-21(31)27-8-9-28-17(11-27)20(30)29(22(28)32)16-10-13(16)12-4-2-1-3-5-12/h1-7,13,16-17H,8-11H2,(H,26,31)/t13-,16+,17?/m0/s1. The van der Waals surface area contributed by atoms with Crippen LogP contribution in [0.25, 0.3) is 0 Å². The zero-order chi connectivity index (χ0) is 22.6. The van der Waals surface area contributed by atoms with Gasteiger partial charge in [-0.05, 0) is 24.1 Å². The van der Waals surface area contributed by atoms with E-state index in [9.17, 15) is 18.8 Å². The van der Waals surface area contributed by atoms with E-state index < -0.39 is 17.9 Å². The van der Waals surface area contributed by atoms with Crippen molar-refractivity contribution in [3.8, 4) is 0 Å². The molecule has 5 rings (SSSR count). The molecule has 5 amide bonds. The second kappa shape index (κ2) is 7.94. The van der Waals surface area contributed by atoms with Crippen LogP contribution in [0.5, 0.6) is 0 Å². The number of imide groups is 1. The number of hydrogen-bond donors (Lipinski definition) is 1. The summed E-state index contributed by atoms with van der Waals surface area (Å²) in [5.41, 5.74) is 1.28. The molecule has 3 aliphatic rings. The fourth-order valence-electron chi connectivity index (χ4n) is 4.45. The number of urea groups is 2. The highest BCUT2D eigenvalue weighted by atomic mass is 35.5. The minimum atomic E-state index is -0.716. The summed E-state index contributed by atoms with van der Waals surface area (Å²) in [6.07, 6.45) is 0.746. The minimum Gasteiger partial charge on any atom is -0.320 e. The predicted octanol–water partition coefficient (Wildman–Crippen LogP) is 4.17. The maximum Gasteiger partial charge on any atom is 0.327 e. The van der Waals surface area contributed by atoms with Crippen molar-refractivity contribution in [3.63, 3.8) is 0 Å². The molecular formula is C22H19Cl2FN4O3. The second-order valence-corrected chi connectivity index (χ2v) is 8.88. The first-order valence-electron chi connectivity index (χ1n) is 10.2. The number of amides is 5. The summed E-state index contributed by atoms with van der Waals surface area (Å²) in [6.45, 7) is 0.580. The SMILES string of the molecule is O=C(Nc1ccc(F)c(Cl)c1Cl)N1CCN2C(=O)N([C@@H]3C[C@H]3c3ccccc3)C(=O)C2C1. The Morgan fingerprint density at radius 3 is 2.53 bits per heavy atom. The molecule has 2 aliphatic heterocycles. The Labute approximate surface area is 193 Å². The molecule has 2 heterocycles. The van der Waals surface area contributed by atoms with Gasteiger partial charge in [0.05, 0.1) is 22.3 Å². The molecule has 166 valence electrons. The molecule has 0 aromatic heterocycles. The van der Waals surface area contributed by atoms with Gasteiger partial charge in [-0.15, -0.1) is 0 Å². The molecule has 1 saturated carbocycles. The van der Waals surface area contributed by atoms with Gasteiger partial charge >= 0.3 is 12.1 Å². The van der Waals surface area contributed by atoms with Gasteiger partial charge in [-0.1, -0.05) is 53.5 Å². The number of nitrogens with one attached hydrogen (secondary N) is 1. The monoisotopic (exact) mass is 476 g/mol. The molecule has 0 bridgehead atoms. The number of hydrogen-bond acceptors (Lipinski definition) is 3. The van der Waals surface area contributed by atoms with Crippen molar-refractivity contribution in [1.29, 1.82) is 0 Å². The number of nitrogens with zero attached hydrogens (tertiary/aromatic N) is 3. The van der Waals surface area contributed by atoms with Crippen molar-refractivity contribution in [1.82, 2.24) is 14.7 Å². The van der Waals surface area contributed by atoms with Crippen LogP contribution in [0.3, 0.4) is 0 Å². The highest BCUT2D eigenvalue weighted by molar-refractivity contribution is 6.44. The summed E-state index contributed by atoms with van der Waals surface area (Å²) >= 11 is 11.8. The van der Waals surface area contributed by atoms with Crippen molar-refractivity contribution in [2.75, 3.05) is 25.0 Å². The van der Waals surface area contributed by atoms with E-state index in [0.717, 1.165) is 18.1 Å². The van der Waals surface area contributed by atoms with E-state index in [1.54, 1.807) is 0 Å². The Balaban J connectivity index is 1.27. The lowest BCUT2D eigenvalue weighted by Gasteiger charge is -2.35. The quantitative estimate of drug-likeness (QED) is 0.533. The maximum absolute atomic E-state index is 13.5. The van der Waals surface area contributed by atoms with E-state index in [-0.39, 0.29) is 59.3 Å². The number of carbonyl (C=O) groups is 3. The molecule has 7 nitrogen and oxygen atoms in total. The van der Waals surface area contributed by atoms with Crippen molar-refractivity contribution in [2.24, 2.45) is 0 Å². The molecule has 2 aromatic carbocycles. The first kappa shape index (κ1) is 21.0. The molecule has 1 N–H and O–H groups in total. The van der Waals surface area contributed by atoms with E-state index >= 15 is 0 Å². The summed E-state index contributed by atoms with van der Waals surface area (Å²) in [4.78, 5) is 43.1. The number of halogens is 3. The number of fused-ring (bicyclic) bond motifs is 1. The molecule has 3 atom stereocenters. The molecule has 1 aliphatic carbocycles. The lowest BCUT2D eigenvalue weighted by molar-refractivity contribution is -0.129. The summed E-state index contributed by atoms with van der Waals surface area (Å²) in [5.74, 6) is -0.818. The van der Waals surface area contributed by atoms with Gasteiger partial charge in [0, 0.05) is 25.0 Å². The average Bonchev–Trinajstić information content (AvgIpc) is 3.55. The van der Waals surface area contributed by atoms with Crippen LogP contribution in [0.1, 0.15) is 17.9 Å². The van der Waals surface area contributed by atoms with Gasteiger partial charge in [0.25, 0.3) is 5.91 Å². The fraction of sp³-hybridized carbons (Fsp3) is 0.318. The largest absolute Gasteiger partial charge is 0.327 e. The van der Waals surface area contributed by atoms with Crippen molar-refractivity contribution in [3.05, 3.63) is 63.9 Å². The highest BCUT2D eigenvalue weighted by Crippen LogP contribution is 2.47. The van der Waals surface area contributed by atoms with Crippen molar-refractivity contribution in [2.45, 2.75) is 24.4 Å². The third-order valence-electron chi connectivity index (χ3n) is 6.23. The summed E-state index contributed by atoms with van der Waals surface area (Å²) in [5, 5.41) is 2.23. The Bertz CT molecular complexity index is 1120. The first-order valence-corrected chi connectivity index (χ1v) is 11.0. The van der Waals surface area contributed by atoms with Crippen LogP contribution in [-0.4, -0.2) is 64.4 Å². The van der Waals surface area contributed by atoms with Crippen LogP contribution in [0, 0.1) is 5.82 Å². The molecule has 2 saturated heterocycles. The Morgan fingerprint density at radius 1 is 1.03 bits per heavy atom. The molecule has 0 spiro atoms. The van der Waals surface area contributed by atoms with Gasteiger partial charge in [0.15, 0.2) is 0 Å². The van der Waals surface area contributed by atoms with Gasteiger partial charge in [-0.3, -0.25) is 9.69 Å². The second-order valence-electron chi connectivity index (χ2n) is 8.12. The van der Waals surface area contributed by atoms with E-state index in [2.05, 4.69) is 5.32 Å². The minimum absolute atomic E-state index is 0.0716. The van der Waals surface area contributed by atoms with Crippen LogP contribution in [0.4, 0.5) is 19.7 Å². The number of piperazine rings is 1. The van der Waals surface area contributed by atoms with Crippen LogP contribution < -0.4 is 5.32 Å². The summed E-state index contributed by atoms with van der Waals surface area (Å²) in [7, 11) is 0. The number of anilines is 1. The van der Waals surface area contributed by atoms with Gasteiger partial charge < -0.3 is 15.1 Å². The third kappa shape index (κ3) is 3.47. The van der Waals surface area contributed by atoms with Crippen LogP contribution in [0.2, 0.25) is 10.0 Å². The number of carbonyl (C=O) groups excluding carboxylic acids is 3. The van der Waals surface area contributed by atoms with Crippen LogP contribution >= 0.6 is 23.2 Å². The van der Waals surface area contributed by atoms with E-state index in [1.165, 1.54) is 20.8 Å². The molecule has 1 unspecified atom stereocenters.